The molecule has 2 aromatic carbocycles. The summed E-state index contributed by atoms with van der Waals surface area (Å²) in [6.45, 7) is 8.86. The van der Waals surface area contributed by atoms with Gasteiger partial charge in [-0.1, -0.05) is 6.07 Å². The number of nitrogens with zero attached hydrogens (tertiary/aromatic N) is 1. The SMILES string of the molecule is Cc1ccc(OC[C@@H](O)C[NH+]2CCN(c3ccc(F)cc3)CC2)cc1C. The van der Waals surface area contributed by atoms with E-state index < -0.39 is 6.10 Å². The molecule has 1 heterocycles. The first-order valence-corrected chi connectivity index (χ1v) is 9.23. The van der Waals surface area contributed by atoms with Gasteiger partial charge in [-0.05, 0) is 61.4 Å². The number of halogens is 1. The molecule has 0 aliphatic carbocycles. The van der Waals surface area contributed by atoms with Crippen molar-refractivity contribution in [3.05, 3.63) is 59.4 Å². The molecule has 1 aliphatic heterocycles. The van der Waals surface area contributed by atoms with E-state index in [2.05, 4.69) is 18.7 Å². The number of rotatable bonds is 6. The molecule has 0 amide bonds. The summed E-state index contributed by atoms with van der Waals surface area (Å²) in [6.07, 6.45) is -0.482. The molecular formula is C21H28FN2O2+. The second-order valence-corrected chi connectivity index (χ2v) is 7.13. The van der Waals surface area contributed by atoms with Crippen molar-refractivity contribution in [3.8, 4) is 5.75 Å². The van der Waals surface area contributed by atoms with Crippen LogP contribution in [0.15, 0.2) is 42.5 Å². The molecule has 0 unspecified atom stereocenters. The smallest absolute Gasteiger partial charge is 0.137 e. The minimum Gasteiger partial charge on any atom is -0.491 e. The van der Waals surface area contributed by atoms with Crippen molar-refractivity contribution in [2.45, 2.75) is 20.0 Å². The predicted octanol–water partition coefficient (Wildman–Crippen LogP) is 1.59. The number of quaternary nitrogens is 1. The summed E-state index contributed by atoms with van der Waals surface area (Å²) in [5, 5.41) is 10.3. The van der Waals surface area contributed by atoms with Crippen LogP contribution in [0.25, 0.3) is 0 Å². The molecule has 0 aromatic heterocycles. The Labute approximate surface area is 154 Å². The van der Waals surface area contributed by atoms with Gasteiger partial charge in [-0.15, -0.1) is 0 Å². The van der Waals surface area contributed by atoms with Crippen LogP contribution in [0.3, 0.4) is 0 Å². The van der Waals surface area contributed by atoms with E-state index in [0.29, 0.717) is 13.2 Å². The highest BCUT2D eigenvalue weighted by atomic mass is 19.1. The van der Waals surface area contributed by atoms with E-state index in [1.807, 2.05) is 30.3 Å². The van der Waals surface area contributed by atoms with Crippen LogP contribution in [-0.4, -0.2) is 50.5 Å². The Morgan fingerprint density at radius 1 is 1.08 bits per heavy atom. The summed E-state index contributed by atoms with van der Waals surface area (Å²) in [4.78, 5) is 3.64. The standard InChI is InChI=1S/C21H27FN2O2/c1-16-3-8-21(13-17(16)2)26-15-20(25)14-23-9-11-24(12-10-23)19-6-4-18(22)5-7-19/h3-8,13,20,25H,9-12,14-15H2,1-2H3/p+1/t20-/m0/s1. The Morgan fingerprint density at radius 2 is 1.77 bits per heavy atom. The zero-order valence-electron chi connectivity index (χ0n) is 15.5. The molecule has 1 fully saturated rings. The van der Waals surface area contributed by atoms with E-state index in [4.69, 9.17) is 4.74 Å². The Hall–Kier alpha value is -2.11. The third kappa shape index (κ3) is 4.96. The first-order valence-electron chi connectivity index (χ1n) is 9.23. The molecule has 26 heavy (non-hydrogen) atoms. The number of nitrogens with one attached hydrogen (secondary N) is 1. The molecule has 0 bridgehead atoms. The fourth-order valence-corrected chi connectivity index (χ4v) is 3.33. The third-order valence-corrected chi connectivity index (χ3v) is 5.11. The van der Waals surface area contributed by atoms with Crippen molar-refractivity contribution in [1.82, 2.24) is 0 Å². The van der Waals surface area contributed by atoms with Gasteiger partial charge < -0.3 is 19.6 Å². The molecular weight excluding hydrogens is 331 g/mol. The fraction of sp³-hybridized carbons (Fsp3) is 0.429. The summed E-state index contributed by atoms with van der Waals surface area (Å²) < 4.78 is 18.8. The van der Waals surface area contributed by atoms with E-state index in [1.165, 1.54) is 28.2 Å². The van der Waals surface area contributed by atoms with Gasteiger partial charge in [0.25, 0.3) is 0 Å². The van der Waals surface area contributed by atoms with Crippen LogP contribution < -0.4 is 14.5 Å². The number of hydrogen-bond acceptors (Lipinski definition) is 3. The largest absolute Gasteiger partial charge is 0.491 e. The van der Waals surface area contributed by atoms with Crippen molar-refractivity contribution < 1.29 is 19.1 Å². The highest BCUT2D eigenvalue weighted by Crippen LogP contribution is 2.16. The molecule has 1 saturated heterocycles. The summed E-state index contributed by atoms with van der Waals surface area (Å²) in [5.41, 5.74) is 3.49. The zero-order valence-corrected chi connectivity index (χ0v) is 15.5. The number of aliphatic hydroxyl groups is 1. The number of ether oxygens (including phenoxy) is 1. The van der Waals surface area contributed by atoms with Crippen LogP contribution in [0, 0.1) is 19.7 Å². The molecule has 0 radical (unpaired) electrons. The Bertz CT molecular complexity index is 712. The van der Waals surface area contributed by atoms with Crippen molar-refractivity contribution in [2.75, 3.05) is 44.2 Å². The maximum Gasteiger partial charge on any atom is 0.137 e. The van der Waals surface area contributed by atoms with Gasteiger partial charge in [-0.2, -0.15) is 0 Å². The van der Waals surface area contributed by atoms with Gasteiger partial charge in [-0.3, -0.25) is 0 Å². The average Bonchev–Trinajstić information content (AvgIpc) is 2.64. The zero-order chi connectivity index (χ0) is 18.5. The average molecular weight is 359 g/mol. The normalized spacial score (nSPS) is 16.5. The quantitative estimate of drug-likeness (QED) is 0.823. The maximum absolute atomic E-state index is 13.0. The van der Waals surface area contributed by atoms with Gasteiger partial charge in [0, 0.05) is 5.69 Å². The third-order valence-electron chi connectivity index (χ3n) is 5.11. The molecule has 2 aromatic rings. The van der Waals surface area contributed by atoms with Crippen LogP contribution in [0.1, 0.15) is 11.1 Å². The Morgan fingerprint density at radius 3 is 2.42 bits per heavy atom. The van der Waals surface area contributed by atoms with Gasteiger partial charge in [0.15, 0.2) is 0 Å². The first kappa shape index (κ1) is 18.7. The van der Waals surface area contributed by atoms with Gasteiger partial charge in [0.1, 0.15) is 30.8 Å². The number of hydrogen-bond donors (Lipinski definition) is 2. The highest BCUT2D eigenvalue weighted by molar-refractivity contribution is 5.46. The second kappa shape index (κ2) is 8.52. The molecule has 4 nitrogen and oxygen atoms in total. The van der Waals surface area contributed by atoms with E-state index in [0.717, 1.165) is 37.6 Å². The number of benzene rings is 2. The summed E-state index contributed by atoms with van der Waals surface area (Å²) in [5.74, 6) is 0.605. The molecule has 0 saturated carbocycles. The van der Waals surface area contributed by atoms with Crippen LogP contribution >= 0.6 is 0 Å². The maximum atomic E-state index is 13.0. The summed E-state index contributed by atoms with van der Waals surface area (Å²) >= 11 is 0. The van der Waals surface area contributed by atoms with Crippen molar-refractivity contribution >= 4 is 5.69 Å². The number of aryl methyl sites for hydroxylation is 2. The minimum atomic E-state index is -0.482. The van der Waals surface area contributed by atoms with Crippen molar-refractivity contribution in [3.63, 3.8) is 0 Å². The Balaban J connectivity index is 1.42. The first-order chi connectivity index (χ1) is 12.5. The van der Waals surface area contributed by atoms with Gasteiger partial charge in [-0.25, -0.2) is 4.39 Å². The second-order valence-electron chi connectivity index (χ2n) is 7.13. The van der Waals surface area contributed by atoms with E-state index >= 15 is 0 Å². The highest BCUT2D eigenvalue weighted by Gasteiger charge is 2.22. The topological polar surface area (TPSA) is 37.1 Å². The van der Waals surface area contributed by atoms with Crippen molar-refractivity contribution in [1.29, 1.82) is 0 Å². The van der Waals surface area contributed by atoms with Crippen LogP contribution in [0.4, 0.5) is 10.1 Å². The molecule has 1 atom stereocenters. The lowest BCUT2D eigenvalue weighted by atomic mass is 10.1. The molecule has 0 spiro atoms. The summed E-state index contributed by atoms with van der Waals surface area (Å²) in [7, 11) is 0. The lowest BCUT2D eigenvalue weighted by molar-refractivity contribution is -0.903. The fourth-order valence-electron chi connectivity index (χ4n) is 3.33. The van der Waals surface area contributed by atoms with Crippen LogP contribution in [-0.2, 0) is 0 Å². The van der Waals surface area contributed by atoms with Gasteiger partial charge in [0.05, 0.1) is 26.2 Å². The van der Waals surface area contributed by atoms with Crippen LogP contribution in [0.2, 0.25) is 0 Å². The van der Waals surface area contributed by atoms with E-state index in [1.54, 1.807) is 0 Å². The van der Waals surface area contributed by atoms with Gasteiger partial charge in [0.2, 0.25) is 0 Å². The molecule has 3 rings (SSSR count). The summed E-state index contributed by atoms with van der Waals surface area (Å²) in [6, 6.07) is 12.7. The molecule has 1 aliphatic rings. The number of anilines is 1. The lowest BCUT2D eigenvalue weighted by Crippen LogP contribution is -3.16. The van der Waals surface area contributed by atoms with E-state index in [-0.39, 0.29) is 5.82 Å². The molecule has 5 heteroatoms. The molecule has 140 valence electrons. The van der Waals surface area contributed by atoms with Crippen molar-refractivity contribution in [2.24, 2.45) is 0 Å². The van der Waals surface area contributed by atoms with Crippen LogP contribution in [0.5, 0.6) is 5.75 Å². The lowest BCUT2D eigenvalue weighted by Gasteiger charge is -2.34. The minimum absolute atomic E-state index is 0.204. The van der Waals surface area contributed by atoms with Gasteiger partial charge >= 0.3 is 0 Å². The van der Waals surface area contributed by atoms with E-state index in [9.17, 15) is 9.50 Å². The number of piperazine rings is 1. The molecule has 2 N–H and O–H groups in total. The monoisotopic (exact) mass is 359 g/mol. The Kier molecular flexibility index (Phi) is 6.12. The number of aliphatic hydroxyl groups excluding tert-OH is 1. The predicted molar refractivity (Wildman–Crippen MR) is 102 cm³/mol.